The van der Waals surface area contributed by atoms with Crippen molar-refractivity contribution in [2.45, 2.75) is 32.7 Å². The average Bonchev–Trinajstić information content (AvgIpc) is 2.76. The predicted molar refractivity (Wildman–Crippen MR) is 129 cm³/mol. The number of ether oxygens (including phenoxy) is 2. The van der Waals surface area contributed by atoms with Crippen LogP contribution in [0.15, 0.2) is 47.5 Å². The molecule has 0 aliphatic heterocycles. The Balaban J connectivity index is 1.87. The van der Waals surface area contributed by atoms with Crippen molar-refractivity contribution in [2.75, 3.05) is 25.6 Å². The quantitative estimate of drug-likeness (QED) is 0.442. The Morgan fingerprint density at radius 2 is 1.71 bits per heavy atom. The molecule has 0 saturated carbocycles. The van der Waals surface area contributed by atoms with Gasteiger partial charge >= 0.3 is 0 Å². The minimum atomic E-state index is -4.25. The molecule has 2 aromatic heterocycles. The van der Waals surface area contributed by atoms with E-state index in [1.807, 2.05) is 32.9 Å². The number of benzene rings is 1. The van der Waals surface area contributed by atoms with Crippen molar-refractivity contribution in [1.82, 2.24) is 14.7 Å². The van der Waals surface area contributed by atoms with Gasteiger partial charge in [0.15, 0.2) is 5.03 Å². The standard InChI is InChI=1S/C24H28N4O5S/c1-15-13-16(2)22(17(3)14-15)33-24-19(10-9-18(4)26-24)23(29)28-34(30,31)21-8-6-7-20(27-21)25-11-12-32-5/h6-10,13-14H,11-12H2,1-5H3,(H,25,27)(H,28,29). The Labute approximate surface area is 199 Å². The Morgan fingerprint density at radius 1 is 1.00 bits per heavy atom. The summed E-state index contributed by atoms with van der Waals surface area (Å²) in [6.45, 7) is 8.41. The van der Waals surface area contributed by atoms with Crippen LogP contribution in [-0.4, -0.2) is 44.6 Å². The number of anilines is 1. The number of hydrogen-bond donors (Lipinski definition) is 2. The summed E-state index contributed by atoms with van der Waals surface area (Å²) in [5.41, 5.74) is 3.44. The number of sulfonamides is 1. The molecule has 0 atom stereocenters. The van der Waals surface area contributed by atoms with Crippen molar-refractivity contribution in [1.29, 1.82) is 0 Å². The van der Waals surface area contributed by atoms with Crippen molar-refractivity contribution in [3.63, 3.8) is 0 Å². The summed E-state index contributed by atoms with van der Waals surface area (Å²) < 4.78 is 38.8. The third-order valence-electron chi connectivity index (χ3n) is 4.89. The van der Waals surface area contributed by atoms with Gasteiger partial charge in [0.05, 0.1) is 6.61 Å². The van der Waals surface area contributed by atoms with Crippen molar-refractivity contribution in [2.24, 2.45) is 0 Å². The maximum atomic E-state index is 13.0. The fourth-order valence-electron chi connectivity index (χ4n) is 3.38. The Hall–Kier alpha value is -3.50. The molecule has 2 heterocycles. The van der Waals surface area contributed by atoms with Crippen LogP contribution < -0.4 is 14.8 Å². The van der Waals surface area contributed by atoms with Gasteiger partial charge in [0, 0.05) is 19.3 Å². The highest BCUT2D eigenvalue weighted by Crippen LogP contribution is 2.31. The lowest BCUT2D eigenvalue weighted by molar-refractivity contribution is 0.0978. The molecule has 10 heteroatoms. The second kappa shape index (κ2) is 10.6. The maximum Gasteiger partial charge on any atom is 0.281 e. The third-order valence-corrected chi connectivity index (χ3v) is 6.12. The maximum absolute atomic E-state index is 13.0. The van der Waals surface area contributed by atoms with Crippen LogP contribution in [0.2, 0.25) is 0 Å². The Bertz CT molecular complexity index is 1290. The first-order valence-electron chi connectivity index (χ1n) is 10.6. The number of hydrogen-bond acceptors (Lipinski definition) is 8. The van der Waals surface area contributed by atoms with Gasteiger partial charge in [0.2, 0.25) is 5.88 Å². The monoisotopic (exact) mass is 484 g/mol. The number of nitrogens with zero attached hydrogens (tertiary/aromatic N) is 2. The van der Waals surface area contributed by atoms with Gasteiger partial charge in [-0.15, -0.1) is 0 Å². The highest BCUT2D eigenvalue weighted by atomic mass is 32.2. The van der Waals surface area contributed by atoms with Gasteiger partial charge in [0.1, 0.15) is 17.1 Å². The SMILES string of the molecule is COCCNc1cccc(S(=O)(=O)NC(=O)c2ccc(C)nc2Oc2c(C)cc(C)cc2C)n1. The second-order valence-electron chi connectivity index (χ2n) is 7.85. The molecule has 3 rings (SSSR count). The summed E-state index contributed by atoms with van der Waals surface area (Å²) in [6, 6.07) is 11.5. The lowest BCUT2D eigenvalue weighted by atomic mass is 10.1. The van der Waals surface area contributed by atoms with Crippen molar-refractivity contribution >= 4 is 21.7 Å². The molecule has 0 aliphatic rings. The molecule has 0 radical (unpaired) electrons. The van der Waals surface area contributed by atoms with Crippen LogP contribution in [0.3, 0.4) is 0 Å². The zero-order valence-electron chi connectivity index (χ0n) is 19.8. The lowest BCUT2D eigenvalue weighted by Crippen LogP contribution is -2.31. The van der Waals surface area contributed by atoms with E-state index >= 15 is 0 Å². The second-order valence-corrected chi connectivity index (χ2v) is 9.48. The molecule has 0 bridgehead atoms. The van der Waals surface area contributed by atoms with Gasteiger partial charge in [-0.1, -0.05) is 23.8 Å². The molecule has 1 amide bonds. The summed E-state index contributed by atoms with van der Waals surface area (Å²) in [6.07, 6.45) is 0. The molecule has 0 fully saturated rings. The number of methoxy groups -OCH3 is 1. The molecular weight excluding hydrogens is 456 g/mol. The van der Waals surface area contributed by atoms with E-state index in [1.54, 1.807) is 26.2 Å². The molecule has 180 valence electrons. The molecule has 0 spiro atoms. The molecule has 0 saturated heterocycles. The van der Waals surface area contributed by atoms with E-state index < -0.39 is 15.9 Å². The van der Waals surface area contributed by atoms with Crippen LogP contribution in [0.4, 0.5) is 5.82 Å². The van der Waals surface area contributed by atoms with E-state index in [0.29, 0.717) is 30.4 Å². The summed E-state index contributed by atoms with van der Waals surface area (Å²) in [5.74, 6) is 0.0611. The molecule has 1 aromatic carbocycles. The number of pyridine rings is 2. The van der Waals surface area contributed by atoms with E-state index in [1.165, 1.54) is 18.2 Å². The zero-order chi connectivity index (χ0) is 24.9. The summed E-state index contributed by atoms with van der Waals surface area (Å²) in [7, 11) is -2.69. The van der Waals surface area contributed by atoms with E-state index in [2.05, 4.69) is 20.0 Å². The number of carbonyl (C=O) groups excluding carboxylic acids is 1. The third kappa shape index (κ3) is 6.09. The number of carbonyl (C=O) groups is 1. The summed E-state index contributed by atoms with van der Waals surface area (Å²) in [5, 5.41) is 2.66. The van der Waals surface area contributed by atoms with Crippen LogP contribution >= 0.6 is 0 Å². The number of amides is 1. The molecule has 2 N–H and O–H groups in total. The van der Waals surface area contributed by atoms with E-state index in [-0.39, 0.29) is 16.5 Å². The largest absolute Gasteiger partial charge is 0.438 e. The molecule has 0 aliphatic carbocycles. The van der Waals surface area contributed by atoms with Crippen LogP contribution in [0.25, 0.3) is 0 Å². The first-order chi connectivity index (χ1) is 16.1. The van der Waals surface area contributed by atoms with Crippen LogP contribution in [0.1, 0.15) is 32.7 Å². The Morgan fingerprint density at radius 3 is 2.38 bits per heavy atom. The number of aromatic nitrogens is 2. The topological polar surface area (TPSA) is 120 Å². The van der Waals surface area contributed by atoms with Gasteiger partial charge in [-0.3, -0.25) is 4.79 Å². The van der Waals surface area contributed by atoms with Crippen molar-refractivity contribution in [3.8, 4) is 11.6 Å². The summed E-state index contributed by atoms with van der Waals surface area (Å²) in [4.78, 5) is 21.4. The van der Waals surface area contributed by atoms with Gasteiger partial charge < -0.3 is 14.8 Å². The van der Waals surface area contributed by atoms with E-state index in [0.717, 1.165) is 16.7 Å². The minimum Gasteiger partial charge on any atom is -0.438 e. The summed E-state index contributed by atoms with van der Waals surface area (Å²) >= 11 is 0. The van der Waals surface area contributed by atoms with Gasteiger partial charge in [-0.05, 0) is 63.1 Å². The fraction of sp³-hybridized carbons (Fsp3) is 0.292. The molecule has 34 heavy (non-hydrogen) atoms. The average molecular weight is 485 g/mol. The van der Waals surface area contributed by atoms with Crippen molar-refractivity contribution < 1.29 is 22.7 Å². The van der Waals surface area contributed by atoms with Gasteiger partial charge in [0.25, 0.3) is 15.9 Å². The minimum absolute atomic E-state index is 0.0112. The zero-order valence-corrected chi connectivity index (χ0v) is 20.6. The van der Waals surface area contributed by atoms with E-state index in [9.17, 15) is 13.2 Å². The van der Waals surface area contributed by atoms with Gasteiger partial charge in [-0.25, -0.2) is 14.7 Å². The normalized spacial score (nSPS) is 11.2. The van der Waals surface area contributed by atoms with Crippen LogP contribution in [0.5, 0.6) is 11.6 Å². The molecule has 0 unspecified atom stereocenters. The fourth-order valence-corrected chi connectivity index (χ4v) is 4.32. The smallest absolute Gasteiger partial charge is 0.281 e. The first kappa shape index (κ1) is 25.1. The van der Waals surface area contributed by atoms with Crippen LogP contribution in [-0.2, 0) is 14.8 Å². The predicted octanol–water partition coefficient (Wildman–Crippen LogP) is 3.68. The Kier molecular flexibility index (Phi) is 7.85. The van der Waals surface area contributed by atoms with Crippen LogP contribution in [0, 0.1) is 27.7 Å². The highest BCUT2D eigenvalue weighted by Gasteiger charge is 2.24. The first-order valence-corrected chi connectivity index (χ1v) is 12.1. The molecule has 9 nitrogen and oxygen atoms in total. The van der Waals surface area contributed by atoms with Crippen molar-refractivity contribution in [3.05, 3.63) is 70.4 Å². The number of rotatable bonds is 9. The van der Waals surface area contributed by atoms with E-state index in [4.69, 9.17) is 9.47 Å². The lowest BCUT2D eigenvalue weighted by Gasteiger charge is -2.15. The van der Waals surface area contributed by atoms with Gasteiger partial charge in [-0.2, -0.15) is 8.42 Å². The number of nitrogens with one attached hydrogen (secondary N) is 2. The number of aryl methyl sites for hydroxylation is 4. The molecular formula is C24H28N4O5S. The molecule has 3 aromatic rings. The highest BCUT2D eigenvalue weighted by molar-refractivity contribution is 7.90.